The van der Waals surface area contributed by atoms with Crippen LogP contribution in [0.25, 0.3) is 0 Å². The van der Waals surface area contributed by atoms with Crippen molar-refractivity contribution in [2.24, 2.45) is 11.8 Å². The molecule has 11 heteroatoms. The van der Waals surface area contributed by atoms with Crippen LogP contribution in [0.5, 0.6) is 0 Å². The average Bonchev–Trinajstić information content (AvgIpc) is 3.69. The summed E-state index contributed by atoms with van der Waals surface area (Å²) in [7, 11) is 0. The molecule has 5 rings (SSSR count). The van der Waals surface area contributed by atoms with E-state index in [1.807, 2.05) is 60.7 Å². The number of alkyl halides is 1. The summed E-state index contributed by atoms with van der Waals surface area (Å²) >= 11 is 3.71. The largest absolute Gasteiger partial charge is 0.455 e. The van der Waals surface area contributed by atoms with Crippen LogP contribution in [0.4, 0.5) is 0 Å². The highest BCUT2D eigenvalue weighted by Gasteiger charge is 2.77. The SMILES string of the molecule is C=CCCC(=O)N[C@@H](C)[C@H](OC(=O)[C@@H]1[C@H]2O[C@@]3(CC2Br)[C@H](C(=O)N(CC=C)Cc2ccccc2)N([C@H](C)CO)C(=O)[C@@H]13)c1ccccc1. The third kappa shape index (κ3) is 6.73. The molecule has 3 aliphatic rings. The third-order valence-electron chi connectivity index (χ3n) is 9.64. The van der Waals surface area contributed by atoms with Gasteiger partial charge in [0.15, 0.2) is 0 Å². The van der Waals surface area contributed by atoms with E-state index in [2.05, 4.69) is 34.4 Å². The summed E-state index contributed by atoms with van der Waals surface area (Å²) in [5.74, 6) is -3.67. The van der Waals surface area contributed by atoms with Gasteiger partial charge in [-0.2, -0.15) is 0 Å². The maximum absolute atomic E-state index is 14.6. The molecule has 256 valence electrons. The van der Waals surface area contributed by atoms with E-state index in [0.29, 0.717) is 18.4 Å². The number of aliphatic hydroxyl groups excluding tert-OH is 1. The summed E-state index contributed by atoms with van der Waals surface area (Å²) < 4.78 is 12.9. The number of allylic oxidation sites excluding steroid dienone is 1. The van der Waals surface area contributed by atoms with Crippen LogP contribution in [0, 0.1) is 11.8 Å². The number of likely N-dealkylation sites (tertiary alicyclic amines) is 1. The molecule has 3 aliphatic heterocycles. The Morgan fingerprint density at radius 2 is 1.79 bits per heavy atom. The summed E-state index contributed by atoms with van der Waals surface area (Å²) in [4.78, 5) is 58.7. The zero-order valence-electron chi connectivity index (χ0n) is 27.4. The van der Waals surface area contributed by atoms with Crippen molar-refractivity contribution in [3.8, 4) is 0 Å². The Hall–Kier alpha value is -3.80. The van der Waals surface area contributed by atoms with Crippen LogP contribution >= 0.6 is 15.9 Å². The van der Waals surface area contributed by atoms with Crippen LogP contribution in [0.15, 0.2) is 86.0 Å². The molecule has 2 aromatic rings. The van der Waals surface area contributed by atoms with Crippen LogP contribution in [0.3, 0.4) is 0 Å². The Bertz CT molecular complexity index is 1510. The number of amides is 3. The van der Waals surface area contributed by atoms with Crippen molar-refractivity contribution in [3.05, 3.63) is 97.1 Å². The second-order valence-electron chi connectivity index (χ2n) is 12.9. The molecule has 2 bridgehead atoms. The van der Waals surface area contributed by atoms with Crippen LogP contribution in [0.2, 0.25) is 0 Å². The van der Waals surface area contributed by atoms with E-state index in [1.165, 1.54) is 4.90 Å². The lowest BCUT2D eigenvalue weighted by Crippen LogP contribution is -2.58. The Labute approximate surface area is 290 Å². The number of nitrogens with one attached hydrogen (secondary N) is 1. The van der Waals surface area contributed by atoms with Crippen LogP contribution in [-0.2, 0) is 35.2 Å². The standard InChI is InChI=1S/C37H44BrN3O7/c1-5-7-18-28(43)39-24(4)31(26-16-12-9-13-17-26)47-36(46)29-30-34(44)41(23(3)22-42)33(37(30)20-27(38)32(29)48-37)35(45)40(19-6-2)21-25-14-10-8-11-15-25/h5-6,8-17,23-24,27,29-33,42H,1-2,7,18-22H2,3-4H3,(H,39,43)/t23-,24+,27?,29+,30-,31+,32+,33+,37-/m1/s1. The predicted molar refractivity (Wildman–Crippen MR) is 183 cm³/mol. The van der Waals surface area contributed by atoms with Crippen molar-refractivity contribution in [2.75, 3.05) is 13.2 Å². The van der Waals surface area contributed by atoms with E-state index in [1.54, 1.807) is 30.9 Å². The van der Waals surface area contributed by atoms with Crippen molar-refractivity contribution < 1.29 is 33.8 Å². The summed E-state index contributed by atoms with van der Waals surface area (Å²) in [6.07, 6.45) is 2.77. The first-order valence-electron chi connectivity index (χ1n) is 16.4. The second-order valence-corrected chi connectivity index (χ2v) is 14.1. The van der Waals surface area contributed by atoms with Gasteiger partial charge < -0.3 is 29.7 Å². The van der Waals surface area contributed by atoms with Crippen LogP contribution < -0.4 is 5.32 Å². The molecule has 3 amide bonds. The van der Waals surface area contributed by atoms with Gasteiger partial charge in [-0.1, -0.05) is 88.7 Å². The molecule has 2 N–H and O–H groups in total. The van der Waals surface area contributed by atoms with Crippen molar-refractivity contribution in [3.63, 3.8) is 0 Å². The Kier molecular flexibility index (Phi) is 11.2. The first-order valence-corrected chi connectivity index (χ1v) is 17.3. The highest BCUT2D eigenvalue weighted by molar-refractivity contribution is 9.09. The molecule has 1 unspecified atom stereocenters. The fourth-order valence-electron chi connectivity index (χ4n) is 7.48. The quantitative estimate of drug-likeness (QED) is 0.161. The Morgan fingerprint density at radius 3 is 2.42 bits per heavy atom. The van der Waals surface area contributed by atoms with Crippen molar-refractivity contribution in [2.45, 2.75) is 80.4 Å². The molecule has 9 atom stereocenters. The molecule has 3 heterocycles. The van der Waals surface area contributed by atoms with E-state index >= 15 is 0 Å². The van der Waals surface area contributed by atoms with E-state index in [4.69, 9.17) is 9.47 Å². The summed E-state index contributed by atoms with van der Waals surface area (Å²) in [5, 5.41) is 13.2. The minimum Gasteiger partial charge on any atom is -0.455 e. The molecule has 0 saturated carbocycles. The molecule has 2 aromatic carbocycles. The van der Waals surface area contributed by atoms with E-state index in [0.717, 1.165) is 5.56 Å². The number of hydrogen-bond donors (Lipinski definition) is 2. The summed E-state index contributed by atoms with van der Waals surface area (Å²) in [5.41, 5.74) is 0.254. The fraction of sp³-hybridized carbons (Fsp3) is 0.459. The van der Waals surface area contributed by atoms with Gasteiger partial charge in [-0.15, -0.1) is 13.2 Å². The number of carbonyl (C=O) groups is 4. The van der Waals surface area contributed by atoms with Gasteiger partial charge in [0.25, 0.3) is 0 Å². The van der Waals surface area contributed by atoms with Gasteiger partial charge in [0, 0.05) is 24.3 Å². The van der Waals surface area contributed by atoms with Crippen LogP contribution in [-0.4, -0.2) is 86.4 Å². The maximum atomic E-state index is 14.6. The molecular weight excluding hydrogens is 678 g/mol. The van der Waals surface area contributed by atoms with Gasteiger partial charge in [0.1, 0.15) is 17.7 Å². The highest BCUT2D eigenvalue weighted by atomic mass is 79.9. The first kappa shape index (κ1) is 35.5. The number of rotatable bonds is 15. The first-order chi connectivity index (χ1) is 23.1. The molecule has 1 spiro atoms. The lowest BCUT2D eigenvalue weighted by atomic mass is 9.70. The smallest absolute Gasteiger partial charge is 0.313 e. The molecule has 0 aliphatic carbocycles. The van der Waals surface area contributed by atoms with Crippen LogP contribution in [0.1, 0.15) is 50.3 Å². The van der Waals surface area contributed by atoms with Gasteiger partial charge in [-0.25, -0.2) is 0 Å². The maximum Gasteiger partial charge on any atom is 0.313 e. The van der Waals surface area contributed by atoms with Gasteiger partial charge in [0.2, 0.25) is 17.7 Å². The monoisotopic (exact) mass is 721 g/mol. The number of nitrogens with zero attached hydrogens (tertiary/aromatic N) is 2. The van der Waals surface area contributed by atoms with Crippen molar-refractivity contribution in [1.29, 1.82) is 0 Å². The summed E-state index contributed by atoms with van der Waals surface area (Å²) in [6, 6.07) is 16.2. The number of fused-ring (bicyclic) bond motifs is 1. The zero-order valence-corrected chi connectivity index (χ0v) is 29.0. The molecule has 48 heavy (non-hydrogen) atoms. The number of halogens is 1. The third-order valence-corrected chi connectivity index (χ3v) is 10.5. The van der Waals surface area contributed by atoms with Crippen molar-refractivity contribution in [1.82, 2.24) is 15.1 Å². The Balaban J connectivity index is 1.48. The topological polar surface area (TPSA) is 125 Å². The summed E-state index contributed by atoms with van der Waals surface area (Å²) in [6.45, 7) is 11.1. The van der Waals surface area contributed by atoms with E-state index < -0.39 is 59.6 Å². The molecule has 0 aromatic heterocycles. The second kappa shape index (κ2) is 15.2. The zero-order chi connectivity index (χ0) is 34.6. The Morgan fingerprint density at radius 1 is 1.12 bits per heavy atom. The van der Waals surface area contributed by atoms with Crippen molar-refractivity contribution >= 4 is 39.6 Å². The fourth-order valence-corrected chi connectivity index (χ4v) is 8.43. The number of benzene rings is 2. The minimum atomic E-state index is -1.33. The lowest BCUT2D eigenvalue weighted by Gasteiger charge is -2.38. The lowest BCUT2D eigenvalue weighted by molar-refractivity contribution is -0.162. The molecule has 3 fully saturated rings. The molecular formula is C37H44BrN3O7. The van der Waals surface area contributed by atoms with E-state index in [9.17, 15) is 24.3 Å². The van der Waals surface area contributed by atoms with Gasteiger partial charge in [-0.3, -0.25) is 19.2 Å². The number of ether oxygens (including phenoxy) is 2. The minimum absolute atomic E-state index is 0.206. The molecule has 3 saturated heterocycles. The van der Waals surface area contributed by atoms with E-state index in [-0.39, 0.29) is 42.8 Å². The normalized spacial score (nSPS) is 27.5. The van der Waals surface area contributed by atoms with Gasteiger partial charge >= 0.3 is 5.97 Å². The molecule has 0 radical (unpaired) electrons. The molecule has 10 nitrogen and oxygen atoms in total. The number of carbonyl (C=O) groups excluding carboxylic acids is 4. The highest BCUT2D eigenvalue weighted by Crippen LogP contribution is 2.61. The van der Waals surface area contributed by atoms with Gasteiger partial charge in [-0.05, 0) is 37.8 Å². The van der Waals surface area contributed by atoms with Gasteiger partial charge in [0.05, 0.1) is 36.6 Å². The number of hydrogen-bond acceptors (Lipinski definition) is 7. The average molecular weight is 723 g/mol. The number of esters is 1. The number of aliphatic hydroxyl groups is 1. The predicted octanol–water partition coefficient (Wildman–Crippen LogP) is 4.09.